The highest BCUT2D eigenvalue weighted by Crippen LogP contribution is 2.21. The lowest BCUT2D eigenvalue weighted by atomic mass is 10.1. The van der Waals surface area contributed by atoms with Gasteiger partial charge < -0.3 is 39.3 Å². The SMILES string of the molecule is CCCCCNC1=c2/c(ccn2Cc2ccc(COCCOCCOCCOCCC)cc2OC)=C\CC/C(N)=N\1. The number of aromatic nitrogens is 1. The molecule has 0 amide bonds. The van der Waals surface area contributed by atoms with Gasteiger partial charge in [0.2, 0.25) is 0 Å². The Labute approximate surface area is 245 Å². The molecule has 1 aliphatic rings. The van der Waals surface area contributed by atoms with E-state index in [0.717, 1.165) is 66.9 Å². The molecule has 0 fully saturated rings. The van der Waals surface area contributed by atoms with E-state index in [0.29, 0.717) is 58.6 Å². The van der Waals surface area contributed by atoms with Crippen molar-refractivity contribution in [3.63, 3.8) is 0 Å². The number of aliphatic imine (C=N–C) groups is 1. The topological polar surface area (TPSA) is 101 Å². The molecular weight excluding hydrogens is 520 g/mol. The minimum atomic E-state index is 0.493. The minimum absolute atomic E-state index is 0.493. The average molecular weight is 571 g/mol. The van der Waals surface area contributed by atoms with Crippen LogP contribution in [-0.4, -0.2) is 70.3 Å². The number of ether oxygens (including phenoxy) is 5. The van der Waals surface area contributed by atoms with Gasteiger partial charge in [-0.25, -0.2) is 4.99 Å². The molecule has 3 rings (SSSR count). The predicted molar refractivity (Wildman–Crippen MR) is 164 cm³/mol. The number of fused-ring (bicyclic) bond motifs is 1. The Kier molecular flexibility index (Phi) is 15.4. The molecule has 0 atom stereocenters. The Hall–Kier alpha value is -2.85. The molecule has 0 spiro atoms. The second-order valence-corrected chi connectivity index (χ2v) is 10.1. The van der Waals surface area contributed by atoms with Crippen molar-refractivity contribution in [1.29, 1.82) is 0 Å². The number of nitrogens with one attached hydrogen (secondary N) is 1. The molecule has 0 radical (unpaired) electrons. The van der Waals surface area contributed by atoms with Gasteiger partial charge in [-0.05, 0) is 42.2 Å². The third-order valence-corrected chi connectivity index (χ3v) is 6.74. The van der Waals surface area contributed by atoms with E-state index in [9.17, 15) is 0 Å². The van der Waals surface area contributed by atoms with Gasteiger partial charge >= 0.3 is 0 Å². The van der Waals surface area contributed by atoms with Crippen LogP contribution in [-0.2, 0) is 32.1 Å². The lowest BCUT2D eigenvalue weighted by molar-refractivity contribution is -0.00402. The number of benzene rings is 1. The molecule has 0 unspecified atom stereocenters. The molecule has 1 aliphatic heterocycles. The van der Waals surface area contributed by atoms with Crippen LogP contribution in [0.25, 0.3) is 11.9 Å². The number of hydrogen-bond acceptors (Lipinski definition) is 8. The van der Waals surface area contributed by atoms with Gasteiger partial charge in [-0.1, -0.05) is 44.9 Å². The van der Waals surface area contributed by atoms with E-state index in [-0.39, 0.29) is 0 Å². The van der Waals surface area contributed by atoms with Gasteiger partial charge in [0.15, 0.2) is 5.82 Å². The largest absolute Gasteiger partial charge is 0.496 e. The minimum Gasteiger partial charge on any atom is -0.496 e. The summed E-state index contributed by atoms with van der Waals surface area (Å²) in [5.41, 5.74) is 8.37. The first-order chi connectivity index (χ1) is 20.2. The maximum Gasteiger partial charge on any atom is 0.152 e. The van der Waals surface area contributed by atoms with Gasteiger partial charge in [0.25, 0.3) is 0 Å². The summed E-state index contributed by atoms with van der Waals surface area (Å²) in [6.45, 7) is 10.5. The molecule has 3 N–H and O–H groups in total. The normalized spacial score (nSPS) is 16.7. The van der Waals surface area contributed by atoms with E-state index in [4.69, 9.17) is 34.4 Å². The molecule has 41 heavy (non-hydrogen) atoms. The van der Waals surface area contributed by atoms with Crippen molar-refractivity contribution in [2.24, 2.45) is 10.7 Å². The summed E-state index contributed by atoms with van der Waals surface area (Å²) in [5, 5.41) is 5.80. The van der Waals surface area contributed by atoms with Crippen molar-refractivity contribution >= 4 is 17.7 Å². The second kappa shape index (κ2) is 19.3. The van der Waals surface area contributed by atoms with E-state index in [1.54, 1.807) is 7.11 Å². The van der Waals surface area contributed by atoms with Crippen molar-refractivity contribution in [3.8, 4) is 5.75 Å². The fourth-order valence-electron chi connectivity index (χ4n) is 4.58. The second-order valence-electron chi connectivity index (χ2n) is 10.1. The van der Waals surface area contributed by atoms with Crippen LogP contribution in [0.2, 0.25) is 0 Å². The molecule has 9 nitrogen and oxygen atoms in total. The zero-order chi connectivity index (χ0) is 29.1. The monoisotopic (exact) mass is 570 g/mol. The number of nitrogens with two attached hydrogens (primary N) is 1. The fraction of sp³-hybridized carbons (Fsp3) is 0.594. The Bertz CT molecular complexity index is 1180. The smallest absolute Gasteiger partial charge is 0.152 e. The van der Waals surface area contributed by atoms with Gasteiger partial charge in [0.1, 0.15) is 11.6 Å². The van der Waals surface area contributed by atoms with Crippen LogP contribution in [0.15, 0.2) is 35.5 Å². The zero-order valence-electron chi connectivity index (χ0n) is 25.3. The Morgan fingerprint density at radius 3 is 2.34 bits per heavy atom. The number of methoxy groups -OCH3 is 1. The van der Waals surface area contributed by atoms with Crippen molar-refractivity contribution in [2.75, 3.05) is 59.9 Å². The van der Waals surface area contributed by atoms with E-state index in [1.165, 1.54) is 18.1 Å². The lowest BCUT2D eigenvalue weighted by Crippen LogP contribution is -2.37. The number of hydrogen-bond donors (Lipinski definition) is 2. The summed E-state index contributed by atoms with van der Waals surface area (Å²) < 4.78 is 30.3. The molecule has 1 aromatic heterocycles. The summed E-state index contributed by atoms with van der Waals surface area (Å²) in [4.78, 5) is 4.78. The molecule has 0 saturated carbocycles. The summed E-state index contributed by atoms with van der Waals surface area (Å²) in [7, 11) is 1.71. The molecule has 0 aliphatic carbocycles. The summed E-state index contributed by atoms with van der Waals surface area (Å²) in [5.74, 6) is 2.33. The Morgan fingerprint density at radius 1 is 0.902 bits per heavy atom. The van der Waals surface area contributed by atoms with Crippen LogP contribution in [0.4, 0.5) is 0 Å². The third-order valence-electron chi connectivity index (χ3n) is 6.74. The first-order valence-corrected chi connectivity index (χ1v) is 15.1. The third kappa shape index (κ3) is 11.5. The Morgan fingerprint density at radius 2 is 1.63 bits per heavy atom. The van der Waals surface area contributed by atoms with E-state index in [1.807, 2.05) is 6.07 Å². The molecule has 9 heteroatoms. The van der Waals surface area contributed by atoms with Crippen molar-refractivity contribution in [3.05, 3.63) is 52.2 Å². The number of rotatable bonds is 21. The van der Waals surface area contributed by atoms with Gasteiger partial charge in [0, 0.05) is 31.3 Å². The highest BCUT2D eigenvalue weighted by molar-refractivity contribution is 5.84. The standard InChI is InChI=1S/C32H50N4O5/c1-4-6-7-14-34-32-31-27(9-8-10-30(33)35-32)13-15-36(31)24-28-12-11-26(23-29(28)37-3)25-41-22-21-40-20-19-39-18-17-38-16-5-2/h9,11-13,15,23,34H,4-8,10,14,16-22,24-25H2,1-3H3,(H2,33,35)/b27-9-,32-31+. The van der Waals surface area contributed by atoms with Gasteiger partial charge in [-0.2, -0.15) is 0 Å². The average Bonchev–Trinajstić information content (AvgIpc) is 3.36. The highest BCUT2D eigenvalue weighted by Gasteiger charge is 2.11. The summed E-state index contributed by atoms with van der Waals surface area (Å²) in [6.07, 6.45) is 10.5. The van der Waals surface area contributed by atoms with Gasteiger partial charge in [-0.15, -0.1) is 0 Å². The lowest BCUT2D eigenvalue weighted by Gasteiger charge is -2.14. The maximum atomic E-state index is 6.23. The van der Waals surface area contributed by atoms with Crippen LogP contribution in [0, 0.1) is 0 Å². The molecule has 228 valence electrons. The van der Waals surface area contributed by atoms with Gasteiger partial charge in [0.05, 0.1) is 65.3 Å². The summed E-state index contributed by atoms with van der Waals surface area (Å²) >= 11 is 0. The van der Waals surface area contributed by atoms with Crippen LogP contribution in [0.5, 0.6) is 5.75 Å². The highest BCUT2D eigenvalue weighted by atomic mass is 16.6. The van der Waals surface area contributed by atoms with Crippen LogP contribution >= 0.6 is 0 Å². The first kappa shape index (κ1) is 32.7. The molecule has 2 aromatic rings. The molecule has 2 heterocycles. The van der Waals surface area contributed by atoms with Crippen LogP contribution in [0.1, 0.15) is 63.5 Å². The Balaban J connectivity index is 1.55. The fourth-order valence-corrected chi connectivity index (χ4v) is 4.58. The van der Waals surface area contributed by atoms with E-state index in [2.05, 4.69) is 54.2 Å². The summed E-state index contributed by atoms with van der Waals surface area (Å²) in [6, 6.07) is 8.41. The van der Waals surface area contributed by atoms with Crippen LogP contribution in [0.3, 0.4) is 0 Å². The maximum absolute atomic E-state index is 6.23. The zero-order valence-corrected chi connectivity index (χ0v) is 25.3. The molecule has 0 bridgehead atoms. The van der Waals surface area contributed by atoms with Crippen molar-refractivity contribution in [2.45, 2.75) is 65.5 Å². The predicted octanol–water partition coefficient (Wildman–Crippen LogP) is 3.30. The number of nitrogens with zero attached hydrogens (tertiary/aromatic N) is 2. The number of unbranched alkanes of at least 4 members (excludes halogenated alkanes) is 2. The molecular formula is C32H50N4O5. The van der Waals surface area contributed by atoms with E-state index >= 15 is 0 Å². The quantitative estimate of drug-likeness (QED) is 0.222. The van der Waals surface area contributed by atoms with Crippen molar-refractivity contribution < 1.29 is 23.7 Å². The first-order valence-electron chi connectivity index (χ1n) is 15.1. The van der Waals surface area contributed by atoms with E-state index < -0.39 is 0 Å². The van der Waals surface area contributed by atoms with Crippen molar-refractivity contribution in [1.82, 2.24) is 9.88 Å². The molecule has 1 aromatic carbocycles. The molecule has 0 saturated heterocycles. The van der Waals surface area contributed by atoms with Gasteiger partial charge in [-0.3, -0.25) is 0 Å². The number of amidine groups is 1. The van der Waals surface area contributed by atoms with Crippen LogP contribution < -0.4 is 26.4 Å².